The summed E-state index contributed by atoms with van der Waals surface area (Å²) in [7, 11) is 0. The minimum Gasteiger partial charge on any atom is -0.483 e. The van der Waals surface area contributed by atoms with Gasteiger partial charge in [-0.1, -0.05) is 54.6 Å². The number of aliphatic hydroxyl groups excluding tert-OH is 1. The van der Waals surface area contributed by atoms with E-state index in [-0.39, 0.29) is 41.8 Å². The molecule has 0 aliphatic carbocycles. The number of aliphatic hydroxyl groups is 1. The monoisotopic (exact) mass is 618 g/mol. The van der Waals surface area contributed by atoms with Crippen LogP contribution in [0.3, 0.4) is 0 Å². The Morgan fingerprint density at radius 2 is 1.75 bits per heavy atom. The van der Waals surface area contributed by atoms with Gasteiger partial charge in [0.1, 0.15) is 5.75 Å². The summed E-state index contributed by atoms with van der Waals surface area (Å²) in [5, 5.41) is 18.0. The first-order valence-electron chi connectivity index (χ1n) is 15.3. The van der Waals surface area contributed by atoms with Crippen molar-refractivity contribution in [2.75, 3.05) is 19.7 Å². The van der Waals surface area contributed by atoms with Crippen LogP contribution in [0.4, 0.5) is 0 Å². The number of likely N-dealkylation sites (tertiary alicyclic amines) is 1. The second-order valence-electron chi connectivity index (χ2n) is 12.7. The standard InChI is InChI=1S/C35H46N4O4S/c1-24-11-9-12-25(2)33(24)43-22-32(41)37-29(17-26-13-7-6-8-14-26)31(40)21-39-20-28(44-23-27-15-10-16-36-19-27)18-30(39)34(42)38-35(3,4)5/h6-16,19,28-31,40H,17-18,20-23H2,1-5H3,(H,37,41)(H,38,42)/t28-,29+,30+,31-/m1/s1. The van der Waals surface area contributed by atoms with Crippen molar-refractivity contribution in [1.82, 2.24) is 20.5 Å². The molecule has 2 amide bonds. The summed E-state index contributed by atoms with van der Waals surface area (Å²) in [5.74, 6) is 1.15. The third kappa shape index (κ3) is 10.1. The number of hydrogen-bond acceptors (Lipinski definition) is 7. The summed E-state index contributed by atoms with van der Waals surface area (Å²) in [6, 6.07) is 18.7. The molecule has 1 aromatic heterocycles. The number of thioether (sulfide) groups is 1. The fourth-order valence-electron chi connectivity index (χ4n) is 5.54. The summed E-state index contributed by atoms with van der Waals surface area (Å²) in [4.78, 5) is 32.9. The van der Waals surface area contributed by atoms with Crippen LogP contribution in [0.25, 0.3) is 0 Å². The molecule has 2 aromatic carbocycles. The highest BCUT2D eigenvalue weighted by atomic mass is 32.2. The molecule has 8 nitrogen and oxygen atoms in total. The van der Waals surface area contributed by atoms with Gasteiger partial charge in [0.15, 0.2) is 6.61 Å². The van der Waals surface area contributed by atoms with E-state index in [9.17, 15) is 14.7 Å². The molecule has 0 saturated carbocycles. The van der Waals surface area contributed by atoms with Crippen LogP contribution in [0.5, 0.6) is 5.75 Å². The van der Waals surface area contributed by atoms with Crippen molar-refractivity contribution in [3.63, 3.8) is 0 Å². The number of aromatic nitrogens is 1. The van der Waals surface area contributed by atoms with E-state index in [0.29, 0.717) is 25.1 Å². The number of carbonyl (C=O) groups excluding carboxylic acids is 2. The predicted molar refractivity (Wildman–Crippen MR) is 177 cm³/mol. The van der Waals surface area contributed by atoms with Crippen molar-refractivity contribution in [1.29, 1.82) is 0 Å². The Morgan fingerprint density at radius 3 is 2.41 bits per heavy atom. The molecule has 9 heteroatoms. The van der Waals surface area contributed by atoms with Crippen LogP contribution in [0.1, 0.15) is 49.4 Å². The first-order chi connectivity index (χ1) is 21.0. The topological polar surface area (TPSA) is 104 Å². The maximum Gasteiger partial charge on any atom is 0.258 e. The van der Waals surface area contributed by atoms with Crippen LogP contribution in [0, 0.1) is 13.8 Å². The molecule has 3 N–H and O–H groups in total. The molecule has 0 spiro atoms. The number of benzene rings is 2. The molecule has 3 aromatic rings. The number of para-hydroxylation sites is 1. The molecule has 0 unspecified atom stereocenters. The maximum atomic E-state index is 13.4. The van der Waals surface area contributed by atoms with Crippen molar-refractivity contribution in [3.8, 4) is 5.75 Å². The van der Waals surface area contributed by atoms with Gasteiger partial charge in [-0.3, -0.25) is 19.5 Å². The van der Waals surface area contributed by atoms with Gasteiger partial charge in [-0.05, 0) is 75.8 Å². The zero-order chi connectivity index (χ0) is 31.7. The van der Waals surface area contributed by atoms with Crippen LogP contribution >= 0.6 is 11.8 Å². The molecule has 44 heavy (non-hydrogen) atoms. The first-order valence-corrected chi connectivity index (χ1v) is 16.3. The van der Waals surface area contributed by atoms with Crippen molar-refractivity contribution in [2.24, 2.45) is 0 Å². The number of nitrogens with zero attached hydrogens (tertiary/aromatic N) is 2. The summed E-state index contributed by atoms with van der Waals surface area (Å²) in [5.41, 5.74) is 3.69. The van der Waals surface area contributed by atoms with E-state index in [1.54, 1.807) is 18.0 Å². The predicted octanol–water partition coefficient (Wildman–Crippen LogP) is 4.46. The smallest absolute Gasteiger partial charge is 0.258 e. The second kappa shape index (κ2) is 15.5. The van der Waals surface area contributed by atoms with E-state index in [1.807, 2.05) is 95.4 Å². The normalized spacial score (nSPS) is 18.4. The quantitative estimate of drug-likeness (QED) is 0.260. The SMILES string of the molecule is Cc1cccc(C)c1OCC(=O)N[C@@H](Cc1ccccc1)[C@H](O)CN1C[C@H](SCc2cccnc2)C[C@H]1C(=O)NC(C)(C)C. The summed E-state index contributed by atoms with van der Waals surface area (Å²) in [6.07, 6.45) is 3.85. The zero-order valence-electron chi connectivity index (χ0n) is 26.5. The van der Waals surface area contributed by atoms with Crippen LogP contribution < -0.4 is 15.4 Å². The summed E-state index contributed by atoms with van der Waals surface area (Å²) in [6.45, 7) is 10.6. The molecule has 1 aliphatic rings. The Labute approximate surface area is 266 Å². The Kier molecular flexibility index (Phi) is 11.8. The first kappa shape index (κ1) is 33.5. The van der Waals surface area contributed by atoms with E-state index >= 15 is 0 Å². The summed E-state index contributed by atoms with van der Waals surface area (Å²) >= 11 is 1.81. The highest BCUT2D eigenvalue weighted by Gasteiger charge is 2.40. The Balaban J connectivity index is 1.46. The Hall–Kier alpha value is -3.40. The van der Waals surface area contributed by atoms with Crippen molar-refractivity contribution in [2.45, 2.75) is 82.2 Å². The number of aryl methyl sites for hydroxylation is 2. The molecule has 236 valence electrons. The largest absolute Gasteiger partial charge is 0.483 e. The second-order valence-corrected chi connectivity index (χ2v) is 14.0. The van der Waals surface area contributed by atoms with Gasteiger partial charge in [0.25, 0.3) is 5.91 Å². The fraction of sp³-hybridized carbons (Fsp3) is 0.457. The fourth-order valence-corrected chi connectivity index (χ4v) is 6.75. The van der Waals surface area contributed by atoms with Crippen molar-refractivity contribution >= 4 is 23.6 Å². The molecule has 1 aliphatic heterocycles. The lowest BCUT2D eigenvalue weighted by Gasteiger charge is -2.32. The van der Waals surface area contributed by atoms with Gasteiger partial charge >= 0.3 is 0 Å². The Morgan fingerprint density at radius 1 is 1.05 bits per heavy atom. The van der Waals surface area contributed by atoms with Crippen LogP contribution in [0.15, 0.2) is 73.1 Å². The highest BCUT2D eigenvalue weighted by Crippen LogP contribution is 2.31. The van der Waals surface area contributed by atoms with Gasteiger partial charge in [-0.2, -0.15) is 11.8 Å². The summed E-state index contributed by atoms with van der Waals surface area (Å²) < 4.78 is 5.90. The van der Waals surface area contributed by atoms with Crippen LogP contribution in [-0.2, 0) is 21.8 Å². The van der Waals surface area contributed by atoms with E-state index < -0.39 is 12.1 Å². The van der Waals surface area contributed by atoms with Gasteiger partial charge in [-0.25, -0.2) is 0 Å². The lowest BCUT2D eigenvalue weighted by Crippen LogP contribution is -2.54. The van der Waals surface area contributed by atoms with Crippen molar-refractivity contribution in [3.05, 3.63) is 95.3 Å². The molecule has 1 fully saturated rings. The van der Waals surface area contributed by atoms with Gasteiger partial charge in [0.2, 0.25) is 5.91 Å². The minimum atomic E-state index is -0.911. The van der Waals surface area contributed by atoms with Gasteiger partial charge in [-0.15, -0.1) is 0 Å². The molecule has 2 heterocycles. The number of ether oxygens (including phenoxy) is 1. The van der Waals surface area contributed by atoms with E-state index in [1.165, 1.54) is 0 Å². The average molecular weight is 619 g/mol. The number of rotatable bonds is 13. The van der Waals surface area contributed by atoms with E-state index in [2.05, 4.69) is 26.6 Å². The third-order valence-electron chi connectivity index (χ3n) is 7.66. The number of carbonyl (C=O) groups is 2. The van der Waals surface area contributed by atoms with E-state index in [4.69, 9.17) is 4.74 Å². The average Bonchev–Trinajstić information content (AvgIpc) is 3.38. The third-order valence-corrected chi connectivity index (χ3v) is 8.97. The molecule has 4 rings (SSSR count). The van der Waals surface area contributed by atoms with Gasteiger partial charge in [0.05, 0.1) is 18.2 Å². The molecule has 4 atom stereocenters. The highest BCUT2D eigenvalue weighted by molar-refractivity contribution is 7.99. The number of pyridine rings is 1. The molecule has 1 saturated heterocycles. The number of β-amino-alcohol motifs (C(OH)–C–C–N with tert-alkyl or cyclic N) is 1. The molecule has 0 bridgehead atoms. The number of amides is 2. The number of hydrogen-bond donors (Lipinski definition) is 3. The molecular weight excluding hydrogens is 572 g/mol. The molecule has 0 radical (unpaired) electrons. The Bertz CT molecular complexity index is 1350. The molecular formula is C35H46N4O4S. The van der Waals surface area contributed by atoms with Crippen molar-refractivity contribution < 1.29 is 19.4 Å². The number of nitrogens with one attached hydrogen (secondary N) is 2. The zero-order valence-corrected chi connectivity index (χ0v) is 27.3. The lowest BCUT2D eigenvalue weighted by molar-refractivity contribution is -0.128. The maximum absolute atomic E-state index is 13.4. The van der Waals surface area contributed by atoms with Crippen LogP contribution in [0.2, 0.25) is 0 Å². The lowest BCUT2D eigenvalue weighted by atomic mass is 10.00. The van der Waals surface area contributed by atoms with E-state index in [0.717, 1.165) is 28.0 Å². The van der Waals surface area contributed by atoms with Crippen LogP contribution in [-0.4, -0.2) is 75.5 Å². The van der Waals surface area contributed by atoms with Gasteiger partial charge in [0, 0.05) is 42.0 Å². The minimum absolute atomic E-state index is 0.0418. The van der Waals surface area contributed by atoms with Gasteiger partial charge < -0.3 is 20.5 Å².